The Labute approximate surface area is 146 Å². The zero-order chi connectivity index (χ0) is 16.7. The van der Waals surface area contributed by atoms with Crippen LogP contribution in [-0.4, -0.2) is 27.6 Å². The van der Waals surface area contributed by atoms with Crippen molar-refractivity contribution < 1.29 is 13.2 Å². The maximum absolute atomic E-state index is 12.7. The van der Waals surface area contributed by atoms with Gasteiger partial charge >= 0.3 is 0 Å². The number of benzene rings is 2. The molecule has 0 radical (unpaired) electrons. The number of halogens is 1. The monoisotopic (exact) mass is 364 g/mol. The van der Waals surface area contributed by atoms with Gasteiger partial charge in [0, 0.05) is 18.0 Å². The summed E-state index contributed by atoms with van der Waals surface area (Å²) in [7, 11) is -3.70. The Hall–Kier alpha value is -1.76. The molecule has 2 unspecified atom stereocenters. The van der Waals surface area contributed by atoms with Crippen LogP contribution in [-0.2, 0) is 10.0 Å². The van der Waals surface area contributed by atoms with Crippen molar-refractivity contribution >= 4 is 27.3 Å². The molecule has 0 spiro atoms. The molecule has 0 saturated carbocycles. The fourth-order valence-electron chi connectivity index (χ4n) is 3.31. The Morgan fingerprint density at radius 1 is 1.21 bits per heavy atom. The summed E-state index contributed by atoms with van der Waals surface area (Å²) in [4.78, 5) is 0.226. The Morgan fingerprint density at radius 2 is 2.04 bits per heavy atom. The Morgan fingerprint density at radius 3 is 2.88 bits per heavy atom. The van der Waals surface area contributed by atoms with E-state index < -0.39 is 10.0 Å². The van der Waals surface area contributed by atoms with Gasteiger partial charge in [-0.2, -0.15) is 0 Å². The van der Waals surface area contributed by atoms with Gasteiger partial charge in [0.15, 0.2) is 0 Å². The van der Waals surface area contributed by atoms with Gasteiger partial charge in [0.05, 0.1) is 15.6 Å². The zero-order valence-corrected chi connectivity index (χ0v) is 14.4. The van der Waals surface area contributed by atoms with Crippen molar-refractivity contribution in [3.05, 3.63) is 53.1 Å². The first kappa shape index (κ1) is 15.7. The number of sulfonamides is 1. The van der Waals surface area contributed by atoms with E-state index in [0.29, 0.717) is 10.7 Å². The lowest BCUT2D eigenvalue weighted by Crippen LogP contribution is -2.39. The molecule has 2 aliphatic heterocycles. The summed E-state index contributed by atoms with van der Waals surface area (Å²) in [6.45, 7) is 1.71. The van der Waals surface area contributed by atoms with Gasteiger partial charge in [-0.1, -0.05) is 23.7 Å². The van der Waals surface area contributed by atoms with E-state index in [9.17, 15) is 8.42 Å². The number of anilines is 1. The van der Waals surface area contributed by atoms with Crippen molar-refractivity contribution in [1.82, 2.24) is 5.32 Å². The molecule has 0 amide bonds. The van der Waals surface area contributed by atoms with Crippen LogP contribution < -0.4 is 14.8 Å². The van der Waals surface area contributed by atoms with Crippen LogP contribution in [0.1, 0.15) is 17.9 Å². The molecule has 7 heteroatoms. The second-order valence-electron chi connectivity index (χ2n) is 6.04. The van der Waals surface area contributed by atoms with Gasteiger partial charge in [0.25, 0.3) is 10.0 Å². The first-order valence-electron chi connectivity index (χ1n) is 7.83. The molecule has 2 aromatic carbocycles. The molecular formula is C17H17ClN2O3S. The SMILES string of the molecule is O=S(=O)(Nc1ccccc1Cl)c1ccc2c(c1)C1CCNCC1O2. The van der Waals surface area contributed by atoms with Gasteiger partial charge in [-0.15, -0.1) is 0 Å². The minimum absolute atomic E-state index is 0.0863. The Balaban J connectivity index is 1.67. The Kier molecular flexibility index (Phi) is 3.90. The summed E-state index contributed by atoms with van der Waals surface area (Å²) in [6, 6.07) is 11.8. The number of nitrogens with one attached hydrogen (secondary N) is 2. The molecule has 2 atom stereocenters. The second kappa shape index (κ2) is 5.95. The predicted molar refractivity (Wildman–Crippen MR) is 93.3 cm³/mol. The van der Waals surface area contributed by atoms with Crippen LogP contribution in [0.3, 0.4) is 0 Å². The normalized spacial score (nSPS) is 22.4. The summed E-state index contributed by atoms with van der Waals surface area (Å²) in [5.74, 6) is 1.03. The molecule has 5 nitrogen and oxygen atoms in total. The summed E-state index contributed by atoms with van der Waals surface area (Å²) in [5, 5.41) is 3.67. The van der Waals surface area contributed by atoms with Crippen molar-refractivity contribution in [2.75, 3.05) is 17.8 Å². The third-order valence-corrected chi connectivity index (χ3v) is 6.21. The average molecular weight is 365 g/mol. The molecule has 0 aromatic heterocycles. The van der Waals surface area contributed by atoms with Gasteiger partial charge < -0.3 is 10.1 Å². The fraction of sp³-hybridized carbons (Fsp3) is 0.294. The summed E-state index contributed by atoms with van der Waals surface area (Å²) >= 11 is 6.05. The molecule has 2 N–H and O–H groups in total. The second-order valence-corrected chi connectivity index (χ2v) is 8.13. The van der Waals surface area contributed by atoms with Crippen molar-refractivity contribution in [2.45, 2.75) is 23.3 Å². The number of fused-ring (bicyclic) bond motifs is 3. The molecule has 1 fully saturated rings. The van der Waals surface area contributed by atoms with E-state index in [-0.39, 0.29) is 16.9 Å². The van der Waals surface area contributed by atoms with Crippen LogP contribution in [0.2, 0.25) is 5.02 Å². The van der Waals surface area contributed by atoms with E-state index in [4.69, 9.17) is 16.3 Å². The smallest absolute Gasteiger partial charge is 0.261 e. The van der Waals surface area contributed by atoms with Crippen LogP contribution in [0.25, 0.3) is 0 Å². The van der Waals surface area contributed by atoms with Crippen molar-refractivity contribution in [3.8, 4) is 5.75 Å². The highest BCUT2D eigenvalue weighted by atomic mass is 35.5. The summed E-state index contributed by atoms with van der Waals surface area (Å²) in [6.07, 6.45) is 1.03. The lowest BCUT2D eigenvalue weighted by atomic mass is 9.90. The Bertz CT molecular complexity index is 885. The molecule has 4 rings (SSSR count). The quantitative estimate of drug-likeness (QED) is 0.878. The van der Waals surface area contributed by atoms with Crippen LogP contribution in [0, 0.1) is 0 Å². The molecule has 24 heavy (non-hydrogen) atoms. The number of ether oxygens (including phenoxy) is 1. The average Bonchev–Trinajstić information content (AvgIpc) is 2.95. The van der Waals surface area contributed by atoms with Crippen LogP contribution in [0.5, 0.6) is 5.75 Å². The van der Waals surface area contributed by atoms with Gasteiger partial charge in [-0.25, -0.2) is 8.42 Å². The lowest BCUT2D eigenvalue weighted by Gasteiger charge is -2.24. The molecule has 1 saturated heterocycles. The molecule has 2 aromatic rings. The molecule has 2 heterocycles. The van der Waals surface area contributed by atoms with E-state index >= 15 is 0 Å². The minimum Gasteiger partial charge on any atom is -0.488 e. The zero-order valence-electron chi connectivity index (χ0n) is 12.8. The van der Waals surface area contributed by atoms with Gasteiger partial charge in [0.1, 0.15) is 11.9 Å². The third kappa shape index (κ3) is 2.75. The van der Waals surface area contributed by atoms with Crippen LogP contribution in [0.15, 0.2) is 47.4 Å². The fourth-order valence-corrected chi connectivity index (χ4v) is 4.66. The number of piperidine rings is 1. The number of hydrogen-bond donors (Lipinski definition) is 2. The van der Waals surface area contributed by atoms with Crippen molar-refractivity contribution in [2.24, 2.45) is 0 Å². The molecule has 0 aliphatic carbocycles. The van der Waals surface area contributed by atoms with Crippen LogP contribution in [0.4, 0.5) is 5.69 Å². The van der Waals surface area contributed by atoms with Gasteiger partial charge in [-0.05, 0) is 43.3 Å². The first-order chi connectivity index (χ1) is 11.5. The van der Waals surface area contributed by atoms with E-state index in [2.05, 4.69) is 10.0 Å². The van der Waals surface area contributed by atoms with Gasteiger partial charge in [-0.3, -0.25) is 4.72 Å². The third-order valence-electron chi connectivity index (χ3n) is 4.51. The highest BCUT2D eigenvalue weighted by molar-refractivity contribution is 7.92. The van der Waals surface area contributed by atoms with Crippen LogP contribution >= 0.6 is 11.6 Å². The van der Waals surface area contributed by atoms with E-state index in [0.717, 1.165) is 30.8 Å². The maximum Gasteiger partial charge on any atom is 0.261 e. The summed E-state index contributed by atoms with van der Waals surface area (Å²) in [5.41, 5.74) is 1.35. The standard InChI is InChI=1S/C17H17ClN2O3S/c18-14-3-1-2-4-15(14)20-24(21,22)11-5-6-16-13(9-11)12-7-8-19-10-17(12)23-16/h1-6,9,12,17,19-20H,7-8,10H2. The maximum atomic E-state index is 12.7. The van der Waals surface area contributed by atoms with Gasteiger partial charge in [0.2, 0.25) is 0 Å². The molecule has 126 valence electrons. The minimum atomic E-state index is -3.70. The lowest BCUT2D eigenvalue weighted by molar-refractivity contribution is 0.177. The van der Waals surface area contributed by atoms with E-state index in [1.165, 1.54) is 0 Å². The van der Waals surface area contributed by atoms with Crippen molar-refractivity contribution in [3.63, 3.8) is 0 Å². The highest BCUT2D eigenvalue weighted by Crippen LogP contribution is 2.42. The number of rotatable bonds is 3. The first-order valence-corrected chi connectivity index (χ1v) is 9.69. The molecule has 0 bridgehead atoms. The molecule has 2 aliphatic rings. The largest absolute Gasteiger partial charge is 0.488 e. The van der Waals surface area contributed by atoms with E-state index in [1.54, 1.807) is 42.5 Å². The van der Waals surface area contributed by atoms with E-state index in [1.807, 2.05) is 0 Å². The number of hydrogen-bond acceptors (Lipinski definition) is 4. The summed E-state index contributed by atoms with van der Waals surface area (Å²) < 4.78 is 33.9. The number of para-hydroxylation sites is 1. The topological polar surface area (TPSA) is 67.4 Å². The molecular weight excluding hydrogens is 348 g/mol. The highest BCUT2D eigenvalue weighted by Gasteiger charge is 2.36. The predicted octanol–water partition coefficient (Wildman–Crippen LogP) is 2.98. The van der Waals surface area contributed by atoms with Crippen molar-refractivity contribution in [1.29, 1.82) is 0 Å².